The van der Waals surface area contributed by atoms with E-state index in [1.54, 1.807) is 23.5 Å². The van der Waals surface area contributed by atoms with Gasteiger partial charge in [-0.05, 0) is 36.4 Å². The van der Waals surface area contributed by atoms with Gasteiger partial charge in [-0.2, -0.15) is 0 Å². The Bertz CT molecular complexity index is 670. The van der Waals surface area contributed by atoms with Crippen LogP contribution in [0.4, 0.5) is 16.2 Å². The maximum absolute atomic E-state index is 12.4. The van der Waals surface area contributed by atoms with Crippen LogP contribution in [0.2, 0.25) is 0 Å². The summed E-state index contributed by atoms with van der Waals surface area (Å²) in [6.07, 6.45) is 1.95. The predicted molar refractivity (Wildman–Crippen MR) is 85.1 cm³/mol. The van der Waals surface area contributed by atoms with Gasteiger partial charge in [-0.25, -0.2) is 4.79 Å². The average molecular weight is 317 g/mol. The third-order valence-electron chi connectivity index (χ3n) is 3.71. The molecule has 114 valence electrons. The van der Waals surface area contributed by atoms with Gasteiger partial charge in [0.05, 0.1) is 11.0 Å². The Hall–Kier alpha value is -2.41. The van der Waals surface area contributed by atoms with Gasteiger partial charge in [0, 0.05) is 29.2 Å². The molecule has 1 aromatic heterocycles. The molecule has 1 aromatic carbocycles. The third-order valence-corrected chi connectivity index (χ3v) is 4.69. The van der Waals surface area contributed by atoms with Gasteiger partial charge in [0.25, 0.3) is 5.69 Å². The number of nitro benzene ring substituents is 1. The van der Waals surface area contributed by atoms with Crippen molar-refractivity contribution in [1.82, 2.24) is 4.90 Å². The highest BCUT2D eigenvalue weighted by atomic mass is 32.1. The average Bonchev–Trinajstić information content (AvgIpc) is 3.18. The zero-order valence-electron chi connectivity index (χ0n) is 11.8. The van der Waals surface area contributed by atoms with Crippen LogP contribution in [0.1, 0.15) is 23.8 Å². The van der Waals surface area contributed by atoms with Gasteiger partial charge in [-0.15, -0.1) is 11.3 Å². The van der Waals surface area contributed by atoms with Gasteiger partial charge in [-0.3, -0.25) is 10.1 Å². The molecule has 1 aliphatic heterocycles. The lowest BCUT2D eigenvalue weighted by Crippen LogP contribution is -2.34. The number of nitrogens with zero attached hydrogens (tertiary/aromatic N) is 2. The molecule has 1 aliphatic rings. The minimum Gasteiger partial charge on any atom is -0.317 e. The molecule has 2 heterocycles. The van der Waals surface area contributed by atoms with Crippen LogP contribution in [0.5, 0.6) is 0 Å². The van der Waals surface area contributed by atoms with Crippen molar-refractivity contribution in [3.63, 3.8) is 0 Å². The summed E-state index contributed by atoms with van der Waals surface area (Å²) in [5, 5.41) is 15.5. The SMILES string of the molecule is O=C(Nc1ccc([N+](=O)[O-])cc1)N1CCCC1c1cccs1. The Morgan fingerprint density at radius 1 is 1.32 bits per heavy atom. The van der Waals surface area contributed by atoms with E-state index in [1.165, 1.54) is 17.0 Å². The third kappa shape index (κ3) is 2.94. The second-order valence-corrected chi connectivity index (χ2v) is 6.08. The molecule has 0 spiro atoms. The van der Waals surface area contributed by atoms with Crippen molar-refractivity contribution in [1.29, 1.82) is 0 Å². The molecule has 1 unspecified atom stereocenters. The molecule has 0 radical (unpaired) electrons. The molecule has 6 nitrogen and oxygen atoms in total. The molecule has 1 atom stereocenters. The first-order valence-electron chi connectivity index (χ1n) is 7.00. The highest BCUT2D eigenvalue weighted by molar-refractivity contribution is 7.10. The van der Waals surface area contributed by atoms with Crippen LogP contribution in [0.15, 0.2) is 41.8 Å². The van der Waals surface area contributed by atoms with Crippen molar-refractivity contribution in [2.24, 2.45) is 0 Å². The molecule has 22 heavy (non-hydrogen) atoms. The molecule has 1 saturated heterocycles. The lowest BCUT2D eigenvalue weighted by atomic mass is 10.2. The van der Waals surface area contributed by atoms with E-state index in [9.17, 15) is 14.9 Å². The van der Waals surface area contributed by atoms with E-state index in [-0.39, 0.29) is 17.8 Å². The maximum Gasteiger partial charge on any atom is 0.322 e. The second-order valence-electron chi connectivity index (χ2n) is 5.10. The number of carbonyl (C=O) groups excluding carboxylic acids is 1. The van der Waals surface area contributed by atoms with Gasteiger partial charge in [0.1, 0.15) is 0 Å². The van der Waals surface area contributed by atoms with Crippen molar-refractivity contribution >= 4 is 28.7 Å². The highest BCUT2D eigenvalue weighted by Crippen LogP contribution is 2.34. The summed E-state index contributed by atoms with van der Waals surface area (Å²) in [5.41, 5.74) is 0.572. The van der Waals surface area contributed by atoms with E-state index in [4.69, 9.17) is 0 Å². The van der Waals surface area contributed by atoms with E-state index in [2.05, 4.69) is 5.32 Å². The number of anilines is 1. The van der Waals surface area contributed by atoms with Crippen LogP contribution < -0.4 is 5.32 Å². The fourth-order valence-corrected chi connectivity index (χ4v) is 3.52. The molecule has 0 saturated carbocycles. The monoisotopic (exact) mass is 317 g/mol. The molecular weight excluding hydrogens is 302 g/mol. The maximum atomic E-state index is 12.4. The Labute approximate surface area is 131 Å². The number of urea groups is 1. The Morgan fingerprint density at radius 3 is 2.73 bits per heavy atom. The predicted octanol–water partition coefficient (Wildman–Crippen LogP) is 4.03. The number of benzene rings is 1. The summed E-state index contributed by atoms with van der Waals surface area (Å²) in [4.78, 5) is 25.6. The number of hydrogen-bond donors (Lipinski definition) is 1. The summed E-state index contributed by atoms with van der Waals surface area (Å²) in [6, 6.07) is 9.87. The standard InChI is InChI=1S/C15H15N3O3S/c19-15(16-11-5-7-12(8-6-11)18(20)21)17-9-1-3-13(17)14-4-2-10-22-14/h2,4-8,10,13H,1,3,9H2,(H,16,19). The number of thiophene rings is 1. The van der Waals surface area contributed by atoms with Crippen LogP contribution in [0, 0.1) is 10.1 Å². The molecule has 0 aliphatic carbocycles. The summed E-state index contributed by atoms with van der Waals surface area (Å²) in [7, 11) is 0. The Kier molecular flexibility index (Phi) is 4.06. The first kappa shape index (κ1) is 14.5. The number of rotatable bonds is 3. The quantitative estimate of drug-likeness (QED) is 0.686. The number of amides is 2. The van der Waals surface area contributed by atoms with E-state index < -0.39 is 4.92 Å². The van der Waals surface area contributed by atoms with Crippen LogP contribution >= 0.6 is 11.3 Å². The van der Waals surface area contributed by atoms with Crippen molar-refractivity contribution in [3.8, 4) is 0 Å². The smallest absolute Gasteiger partial charge is 0.317 e. The molecule has 2 aromatic rings. The zero-order valence-corrected chi connectivity index (χ0v) is 12.6. The fourth-order valence-electron chi connectivity index (χ4n) is 2.65. The van der Waals surface area contributed by atoms with E-state index in [0.717, 1.165) is 19.4 Å². The number of nitrogens with one attached hydrogen (secondary N) is 1. The summed E-state index contributed by atoms with van der Waals surface area (Å²) in [5.74, 6) is 0. The molecule has 1 N–H and O–H groups in total. The Balaban J connectivity index is 1.69. The van der Waals surface area contributed by atoms with Gasteiger partial charge in [0.2, 0.25) is 0 Å². The van der Waals surface area contributed by atoms with Crippen molar-refractivity contribution in [2.75, 3.05) is 11.9 Å². The van der Waals surface area contributed by atoms with Gasteiger partial charge < -0.3 is 10.2 Å². The van der Waals surface area contributed by atoms with Crippen LogP contribution in [-0.4, -0.2) is 22.4 Å². The molecule has 7 heteroatoms. The number of nitro groups is 1. The Morgan fingerprint density at radius 2 is 2.09 bits per heavy atom. The van der Waals surface area contributed by atoms with Crippen molar-refractivity contribution in [3.05, 3.63) is 56.8 Å². The lowest BCUT2D eigenvalue weighted by Gasteiger charge is -2.24. The lowest BCUT2D eigenvalue weighted by molar-refractivity contribution is -0.384. The number of hydrogen-bond acceptors (Lipinski definition) is 4. The van der Waals surface area contributed by atoms with Gasteiger partial charge in [-0.1, -0.05) is 6.07 Å². The van der Waals surface area contributed by atoms with Crippen molar-refractivity contribution in [2.45, 2.75) is 18.9 Å². The molecule has 3 rings (SSSR count). The number of non-ortho nitro benzene ring substituents is 1. The number of likely N-dealkylation sites (tertiary alicyclic amines) is 1. The van der Waals surface area contributed by atoms with E-state index >= 15 is 0 Å². The fraction of sp³-hybridized carbons (Fsp3) is 0.267. The largest absolute Gasteiger partial charge is 0.322 e. The van der Waals surface area contributed by atoms with E-state index in [0.29, 0.717) is 5.69 Å². The summed E-state index contributed by atoms with van der Waals surface area (Å²) >= 11 is 1.66. The first-order chi connectivity index (χ1) is 10.6. The van der Waals surface area contributed by atoms with Crippen LogP contribution in [-0.2, 0) is 0 Å². The minimum absolute atomic E-state index is 0.00985. The molecule has 1 fully saturated rings. The minimum atomic E-state index is -0.459. The molecular formula is C15H15N3O3S. The molecule has 2 amide bonds. The van der Waals surface area contributed by atoms with Crippen molar-refractivity contribution < 1.29 is 9.72 Å². The second kappa shape index (κ2) is 6.15. The first-order valence-corrected chi connectivity index (χ1v) is 7.88. The zero-order chi connectivity index (χ0) is 15.5. The van der Waals surface area contributed by atoms with Crippen LogP contribution in [0.3, 0.4) is 0 Å². The molecule has 0 bridgehead atoms. The summed E-state index contributed by atoms with van der Waals surface area (Å²) in [6.45, 7) is 0.724. The topological polar surface area (TPSA) is 75.5 Å². The highest BCUT2D eigenvalue weighted by Gasteiger charge is 2.30. The normalized spacial score (nSPS) is 17.5. The van der Waals surface area contributed by atoms with Gasteiger partial charge in [0.15, 0.2) is 0 Å². The summed E-state index contributed by atoms with van der Waals surface area (Å²) < 4.78 is 0. The van der Waals surface area contributed by atoms with Crippen LogP contribution in [0.25, 0.3) is 0 Å². The van der Waals surface area contributed by atoms with E-state index in [1.807, 2.05) is 22.4 Å². The number of carbonyl (C=O) groups is 1. The van der Waals surface area contributed by atoms with Gasteiger partial charge >= 0.3 is 6.03 Å².